The molecule has 0 saturated heterocycles. The summed E-state index contributed by atoms with van der Waals surface area (Å²) >= 11 is 5.77. The number of carbonyl (C=O) groups is 3. The highest BCUT2D eigenvalue weighted by atomic mass is 35.5. The van der Waals surface area contributed by atoms with E-state index in [-0.39, 0.29) is 40.0 Å². The highest BCUT2D eigenvalue weighted by molar-refractivity contribution is 7.91. The van der Waals surface area contributed by atoms with Crippen molar-refractivity contribution in [2.45, 2.75) is 11.8 Å². The number of aromatic amines is 1. The molecule has 4 N–H and O–H groups in total. The lowest BCUT2D eigenvalue weighted by Crippen LogP contribution is -2.30. The Balaban J connectivity index is 1.61. The molecule has 0 bridgehead atoms. The van der Waals surface area contributed by atoms with E-state index in [4.69, 9.17) is 11.6 Å². The molecule has 0 spiro atoms. The first-order chi connectivity index (χ1) is 15.7. The topological polar surface area (TPSA) is 150 Å². The van der Waals surface area contributed by atoms with Crippen LogP contribution in [0.15, 0.2) is 59.6 Å². The minimum atomic E-state index is -3.62. The number of amides is 3. The summed E-state index contributed by atoms with van der Waals surface area (Å²) in [7, 11) is -3.62. The second-order valence-corrected chi connectivity index (χ2v) is 9.44. The molecule has 172 valence electrons. The van der Waals surface area contributed by atoms with Crippen LogP contribution in [0.2, 0.25) is 5.02 Å². The summed E-state index contributed by atoms with van der Waals surface area (Å²) in [6, 6.07) is 12.0. The Hall–Kier alpha value is -3.70. The fraction of sp³-hybridized carbons (Fsp3) is 0.143. The number of hydrogen-bond acceptors (Lipinski definition) is 6. The minimum Gasteiger partial charge on any atom is -0.350 e. The van der Waals surface area contributed by atoms with E-state index >= 15 is 0 Å². The molecule has 0 aliphatic heterocycles. The molecule has 0 atom stereocenters. The van der Waals surface area contributed by atoms with E-state index in [0.29, 0.717) is 10.7 Å². The molecule has 1 heterocycles. The summed E-state index contributed by atoms with van der Waals surface area (Å²) in [6.45, 7) is 1.19. The maximum Gasteiger partial charge on any atom is 0.273 e. The molecule has 3 amide bonds. The fourth-order valence-electron chi connectivity index (χ4n) is 2.84. The summed E-state index contributed by atoms with van der Waals surface area (Å²) in [5.74, 6) is -1.80. The molecular weight excluding hydrogens is 470 g/mol. The maximum atomic E-state index is 12.6. The molecule has 3 aromatic rings. The molecule has 3 rings (SSSR count). The average molecular weight is 490 g/mol. The third kappa shape index (κ3) is 6.40. The molecule has 0 aliphatic carbocycles. The van der Waals surface area contributed by atoms with Crippen LogP contribution in [0.4, 0.5) is 11.4 Å². The fourth-order valence-corrected chi connectivity index (χ4v) is 4.12. The predicted molar refractivity (Wildman–Crippen MR) is 123 cm³/mol. The Labute approximate surface area is 194 Å². The van der Waals surface area contributed by atoms with Gasteiger partial charge in [0, 0.05) is 35.9 Å². The molecule has 0 radical (unpaired) electrons. The van der Waals surface area contributed by atoms with Crippen LogP contribution < -0.4 is 16.0 Å². The van der Waals surface area contributed by atoms with Gasteiger partial charge < -0.3 is 16.0 Å². The Morgan fingerprint density at radius 3 is 2.45 bits per heavy atom. The van der Waals surface area contributed by atoms with Gasteiger partial charge in [-0.25, -0.2) is 8.42 Å². The van der Waals surface area contributed by atoms with Crippen LogP contribution in [-0.2, 0) is 14.6 Å². The van der Waals surface area contributed by atoms with Crippen LogP contribution in [0.3, 0.4) is 0 Å². The van der Waals surface area contributed by atoms with Crippen molar-refractivity contribution in [3.8, 4) is 0 Å². The van der Waals surface area contributed by atoms with E-state index in [1.165, 1.54) is 43.5 Å². The van der Waals surface area contributed by atoms with Crippen molar-refractivity contribution < 1.29 is 22.8 Å². The van der Waals surface area contributed by atoms with Crippen molar-refractivity contribution in [3.63, 3.8) is 0 Å². The summed E-state index contributed by atoms with van der Waals surface area (Å²) < 4.78 is 24.8. The van der Waals surface area contributed by atoms with Gasteiger partial charge in [0.05, 0.1) is 16.3 Å². The van der Waals surface area contributed by atoms with Gasteiger partial charge in [0.1, 0.15) is 0 Å². The molecular formula is C21H20ClN5O5S. The summed E-state index contributed by atoms with van der Waals surface area (Å²) in [6.07, 6.45) is 1.33. The average Bonchev–Trinajstić information content (AvgIpc) is 3.22. The number of carbonyl (C=O) groups excluding carboxylic acids is 3. The zero-order valence-electron chi connectivity index (χ0n) is 17.4. The number of anilines is 2. The van der Waals surface area contributed by atoms with Crippen LogP contribution in [0.25, 0.3) is 0 Å². The maximum absolute atomic E-state index is 12.6. The number of rotatable bonds is 8. The first-order valence-electron chi connectivity index (χ1n) is 9.65. The highest BCUT2D eigenvalue weighted by Gasteiger charge is 2.19. The molecule has 0 aliphatic rings. The third-order valence-electron chi connectivity index (χ3n) is 4.38. The molecule has 33 heavy (non-hydrogen) atoms. The number of halogens is 1. The highest BCUT2D eigenvalue weighted by Crippen LogP contribution is 2.17. The normalized spacial score (nSPS) is 11.0. The van der Waals surface area contributed by atoms with Crippen molar-refractivity contribution >= 4 is 50.5 Å². The number of nitrogens with one attached hydrogen (secondary N) is 4. The Morgan fingerprint density at radius 1 is 1.03 bits per heavy atom. The van der Waals surface area contributed by atoms with Crippen LogP contribution in [-0.4, -0.2) is 48.6 Å². The van der Waals surface area contributed by atoms with Gasteiger partial charge in [-0.05, 0) is 42.5 Å². The largest absolute Gasteiger partial charge is 0.350 e. The molecule has 0 saturated carbocycles. The van der Waals surface area contributed by atoms with Crippen molar-refractivity contribution in [2.24, 2.45) is 0 Å². The lowest BCUT2D eigenvalue weighted by Gasteiger charge is -2.09. The van der Waals surface area contributed by atoms with Crippen molar-refractivity contribution in [1.82, 2.24) is 15.5 Å². The minimum absolute atomic E-state index is 0.0929. The number of H-pyrrole nitrogens is 1. The van der Waals surface area contributed by atoms with E-state index in [2.05, 4.69) is 26.1 Å². The zero-order valence-corrected chi connectivity index (χ0v) is 19.0. The van der Waals surface area contributed by atoms with E-state index in [0.717, 1.165) is 0 Å². The second-order valence-electron chi connectivity index (χ2n) is 6.89. The van der Waals surface area contributed by atoms with Crippen LogP contribution in [0.5, 0.6) is 0 Å². The lowest BCUT2D eigenvalue weighted by atomic mass is 10.2. The smallest absolute Gasteiger partial charge is 0.273 e. The monoisotopic (exact) mass is 489 g/mol. The number of benzene rings is 2. The number of hydrogen-bond donors (Lipinski definition) is 4. The quantitative estimate of drug-likeness (QED) is 0.381. The standard InChI is InChI=1S/C21H20ClN5O5S/c1-13(28)25-16-4-2-3-14(11-16)20(29)26-18-12-24-27-19(18)21(30)23-9-10-33(31,32)17-7-5-15(22)6-8-17/h2-8,11-12H,9-10H2,1H3,(H,23,30)(H,24,27)(H,25,28)(H,26,29). The van der Waals surface area contributed by atoms with Crippen LogP contribution in [0.1, 0.15) is 27.8 Å². The zero-order chi connectivity index (χ0) is 24.0. The number of aromatic nitrogens is 2. The van der Waals surface area contributed by atoms with Gasteiger partial charge in [0.15, 0.2) is 15.5 Å². The summed E-state index contributed by atoms with van der Waals surface area (Å²) in [5, 5.41) is 14.4. The van der Waals surface area contributed by atoms with E-state index in [9.17, 15) is 22.8 Å². The van der Waals surface area contributed by atoms with Gasteiger partial charge in [-0.15, -0.1) is 0 Å². The van der Waals surface area contributed by atoms with Gasteiger partial charge in [-0.3, -0.25) is 19.5 Å². The van der Waals surface area contributed by atoms with Gasteiger partial charge in [-0.2, -0.15) is 5.10 Å². The molecule has 0 fully saturated rings. The van der Waals surface area contributed by atoms with Crippen molar-refractivity contribution in [1.29, 1.82) is 0 Å². The summed E-state index contributed by atoms with van der Waals surface area (Å²) in [5.41, 5.74) is 0.707. The van der Waals surface area contributed by atoms with Crippen LogP contribution >= 0.6 is 11.6 Å². The Bertz CT molecular complexity index is 1290. The molecule has 2 aromatic carbocycles. The van der Waals surface area contributed by atoms with Gasteiger partial charge in [-0.1, -0.05) is 17.7 Å². The third-order valence-corrected chi connectivity index (χ3v) is 6.36. The second kappa shape index (κ2) is 10.3. The van der Waals surface area contributed by atoms with Crippen molar-refractivity contribution in [3.05, 3.63) is 71.0 Å². The van der Waals surface area contributed by atoms with Crippen LogP contribution in [0, 0.1) is 0 Å². The van der Waals surface area contributed by atoms with Crippen molar-refractivity contribution in [2.75, 3.05) is 22.9 Å². The van der Waals surface area contributed by atoms with Gasteiger partial charge in [0.2, 0.25) is 5.91 Å². The molecule has 10 nitrogen and oxygen atoms in total. The van der Waals surface area contributed by atoms with E-state index in [1.807, 2.05) is 0 Å². The number of nitrogens with zero attached hydrogens (tertiary/aromatic N) is 1. The van der Waals surface area contributed by atoms with Gasteiger partial charge in [0.25, 0.3) is 11.8 Å². The molecule has 0 unspecified atom stereocenters. The lowest BCUT2D eigenvalue weighted by molar-refractivity contribution is -0.114. The van der Waals surface area contributed by atoms with Gasteiger partial charge >= 0.3 is 0 Å². The summed E-state index contributed by atoms with van der Waals surface area (Å²) in [4.78, 5) is 36.3. The first kappa shape index (κ1) is 24.0. The molecule has 12 heteroatoms. The van der Waals surface area contributed by atoms with E-state index < -0.39 is 21.7 Å². The Kier molecular flexibility index (Phi) is 7.46. The Morgan fingerprint density at radius 2 is 1.76 bits per heavy atom. The SMILES string of the molecule is CC(=O)Nc1cccc(C(=O)Nc2c[nH]nc2C(=O)NCCS(=O)(=O)c2ccc(Cl)cc2)c1. The first-order valence-corrected chi connectivity index (χ1v) is 11.7. The number of sulfone groups is 1. The molecule has 1 aromatic heterocycles. The predicted octanol–water partition coefficient (Wildman–Crippen LogP) is 2.48. The van der Waals surface area contributed by atoms with E-state index in [1.54, 1.807) is 18.2 Å².